The monoisotopic (exact) mass is 369 g/mol. The van der Waals surface area contributed by atoms with Crippen LogP contribution in [0.2, 0.25) is 0 Å². The Morgan fingerprint density at radius 1 is 1.12 bits per heavy atom. The van der Waals surface area contributed by atoms with Crippen LogP contribution in [0.15, 0.2) is 0 Å². The normalized spacial score (nSPS) is 27.3. The molecule has 2 aliphatic rings. The number of amides is 2. The fourth-order valence-corrected chi connectivity index (χ4v) is 3.91. The zero-order valence-electron chi connectivity index (χ0n) is 16.2. The van der Waals surface area contributed by atoms with E-state index in [9.17, 15) is 14.7 Å². The van der Waals surface area contributed by atoms with Crippen LogP contribution in [0.3, 0.4) is 0 Å². The summed E-state index contributed by atoms with van der Waals surface area (Å²) in [4.78, 5) is 25.9. The molecule has 7 nitrogen and oxygen atoms in total. The van der Waals surface area contributed by atoms with Crippen LogP contribution in [-0.2, 0) is 14.3 Å². The van der Waals surface area contributed by atoms with Gasteiger partial charge >= 0.3 is 0 Å². The molecule has 0 unspecified atom stereocenters. The van der Waals surface area contributed by atoms with Crippen LogP contribution >= 0.6 is 0 Å². The van der Waals surface area contributed by atoms with Crippen LogP contribution in [0, 0.1) is 5.92 Å². The predicted octanol–water partition coefficient (Wildman–Crippen LogP) is 0.659. The SMILES string of the molecule is CN(C)CC(=O)N[C@H]1CC[C@@H](CCNC(=O)C2CCCCC2)O[C@H]1CO. The Labute approximate surface area is 156 Å². The summed E-state index contributed by atoms with van der Waals surface area (Å²) in [5.41, 5.74) is 0. The minimum absolute atomic E-state index is 0.0146. The molecule has 2 rings (SSSR count). The number of rotatable bonds is 8. The van der Waals surface area contributed by atoms with Crippen LogP contribution in [0.5, 0.6) is 0 Å². The minimum Gasteiger partial charge on any atom is -0.394 e. The Kier molecular flexibility index (Phi) is 8.81. The quantitative estimate of drug-likeness (QED) is 0.585. The second kappa shape index (κ2) is 10.8. The number of aliphatic hydroxyl groups excluding tert-OH is 1. The maximum atomic E-state index is 12.2. The molecular weight excluding hydrogens is 334 g/mol. The topological polar surface area (TPSA) is 90.9 Å². The summed E-state index contributed by atoms with van der Waals surface area (Å²) in [6.07, 6.45) is 7.55. The molecule has 7 heteroatoms. The summed E-state index contributed by atoms with van der Waals surface area (Å²) in [6, 6.07) is -0.152. The molecule has 150 valence electrons. The first-order valence-corrected chi connectivity index (χ1v) is 9.97. The van der Waals surface area contributed by atoms with Gasteiger partial charge in [-0.1, -0.05) is 19.3 Å². The molecule has 0 aromatic carbocycles. The number of likely N-dealkylation sites (N-methyl/N-ethyl adjacent to an activating group) is 1. The van der Waals surface area contributed by atoms with Crippen molar-refractivity contribution < 1.29 is 19.4 Å². The summed E-state index contributed by atoms with van der Waals surface area (Å²) in [6.45, 7) is 0.818. The Morgan fingerprint density at radius 3 is 2.50 bits per heavy atom. The number of nitrogens with zero attached hydrogens (tertiary/aromatic N) is 1. The number of hydrogen-bond acceptors (Lipinski definition) is 5. The first kappa shape index (κ1) is 21.1. The van der Waals surface area contributed by atoms with E-state index in [4.69, 9.17) is 4.74 Å². The van der Waals surface area contributed by atoms with E-state index in [2.05, 4.69) is 10.6 Å². The van der Waals surface area contributed by atoms with Crippen molar-refractivity contribution in [2.24, 2.45) is 5.92 Å². The van der Waals surface area contributed by atoms with Crippen LogP contribution in [0.1, 0.15) is 51.4 Å². The highest BCUT2D eigenvalue weighted by atomic mass is 16.5. The van der Waals surface area contributed by atoms with Crippen molar-refractivity contribution in [2.45, 2.75) is 69.6 Å². The maximum absolute atomic E-state index is 12.2. The molecule has 0 aromatic heterocycles. The summed E-state index contributed by atoms with van der Waals surface area (Å²) in [7, 11) is 3.69. The lowest BCUT2D eigenvalue weighted by atomic mass is 9.88. The van der Waals surface area contributed by atoms with Crippen LogP contribution in [-0.4, -0.2) is 73.9 Å². The van der Waals surface area contributed by atoms with Crippen molar-refractivity contribution >= 4 is 11.8 Å². The van der Waals surface area contributed by atoms with E-state index in [-0.39, 0.29) is 42.6 Å². The third-order valence-corrected chi connectivity index (χ3v) is 5.34. The molecule has 0 aromatic rings. The predicted molar refractivity (Wildman–Crippen MR) is 99.7 cm³/mol. The van der Waals surface area contributed by atoms with Gasteiger partial charge in [-0.3, -0.25) is 9.59 Å². The van der Waals surface area contributed by atoms with E-state index in [1.54, 1.807) is 0 Å². The lowest BCUT2D eigenvalue weighted by Crippen LogP contribution is -2.52. The second-order valence-corrected chi connectivity index (χ2v) is 7.88. The average Bonchev–Trinajstić information content (AvgIpc) is 2.62. The molecule has 2 amide bonds. The molecule has 0 radical (unpaired) electrons. The van der Waals surface area contributed by atoms with E-state index in [0.29, 0.717) is 13.1 Å². The number of ether oxygens (including phenoxy) is 1. The summed E-state index contributed by atoms with van der Waals surface area (Å²) in [5.74, 6) is 0.297. The largest absolute Gasteiger partial charge is 0.394 e. The van der Waals surface area contributed by atoms with Crippen molar-refractivity contribution in [3.8, 4) is 0 Å². The molecule has 1 saturated carbocycles. The van der Waals surface area contributed by atoms with Crippen molar-refractivity contribution in [2.75, 3.05) is 33.8 Å². The van der Waals surface area contributed by atoms with E-state index in [1.165, 1.54) is 6.42 Å². The van der Waals surface area contributed by atoms with Crippen molar-refractivity contribution in [1.82, 2.24) is 15.5 Å². The number of carbonyl (C=O) groups excluding carboxylic acids is 2. The van der Waals surface area contributed by atoms with Gasteiger partial charge in [-0.2, -0.15) is 0 Å². The lowest BCUT2D eigenvalue weighted by Gasteiger charge is -2.36. The van der Waals surface area contributed by atoms with Gasteiger partial charge in [0.05, 0.1) is 25.3 Å². The van der Waals surface area contributed by atoms with E-state index >= 15 is 0 Å². The van der Waals surface area contributed by atoms with Gasteiger partial charge in [-0.05, 0) is 46.2 Å². The smallest absolute Gasteiger partial charge is 0.234 e. The van der Waals surface area contributed by atoms with Gasteiger partial charge < -0.3 is 25.4 Å². The average molecular weight is 370 g/mol. The zero-order valence-corrected chi connectivity index (χ0v) is 16.2. The molecule has 1 aliphatic heterocycles. The highest BCUT2D eigenvalue weighted by molar-refractivity contribution is 5.78. The lowest BCUT2D eigenvalue weighted by molar-refractivity contribution is -0.130. The number of aliphatic hydroxyl groups is 1. The Bertz CT molecular complexity index is 452. The number of nitrogens with one attached hydrogen (secondary N) is 2. The Morgan fingerprint density at radius 2 is 1.85 bits per heavy atom. The fourth-order valence-electron chi connectivity index (χ4n) is 3.91. The highest BCUT2D eigenvalue weighted by Gasteiger charge is 2.32. The Hall–Kier alpha value is -1.18. The van der Waals surface area contributed by atoms with Crippen LogP contribution in [0.25, 0.3) is 0 Å². The minimum atomic E-state index is -0.381. The first-order chi connectivity index (χ1) is 12.5. The molecule has 1 heterocycles. The van der Waals surface area contributed by atoms with Gasteiger partial charge in [-0.15, -0.1) is 0 Å². The zero-order chi connectivity index (χ0) is 18.9. The number of hydrogen-bond donors (Lipinski definition) is 3. The van der Waals surface area contributed by atoms with Gasteiger partial charge in [0.1, 0.15) is 6.10 Å². The van der Waals surface area contributed by atoms with E-state index < -0.39 is 0 Å². The molecule has 26 heavy (non-hydrogen) atoms. The van der Waals surface area contributed by atoms with E-state index in [1.807, 2.05) is 19.0 Å². The third kappa shape index (κ3) is 6.85. The van der Waals surface area contributed by atoms with Crippen LogP contribution < -0.4 is 10.6 Å². The second-order valence-electron chi connectivity index (χ2n) is 7.88. The van der Waals surface area contributed by atoms with Crippen molar-refractivity contribution in [3.63, 3.8) is 0 Å². The summed E-state index contributed by atoms with van der Waals surface area (Å²) >= 11 is 0. The van der Waals surface area contributed by atoms with Gasteiger partial charge in [0.15, 0.2) is 0 Å². The molecule has 1 saturated heterocycles. The molecular formula is C19H35N3O4. The molecule has 3 N–H and O–H groups in total. The molecule has 1 aliphatic carbocycles. The van der Waals surface area contributed by atoms with Gasteiger partial charge in [0.2, 0.25) is 11.8 Å². The molecule has 2 fully saturated rings. The van der Waals surface area contributed by atoms with Gasteiger partial charge in [0, 0.05) is 12.5 Å². The van der Waals surface area contributed by atoms with E-state index in [0.717, 1.165) is 44.9 Å². The van der Waals surface area contributed by atoms with Crippen LogP contribution in [0.4, 0.5) is 0 Å². The van der Waals surface area contributed by atoms with Crippen molar-refractivity contribution in [3.05, 3.63) is 0 Å². The van der Waals surface area contributed by atoms with Gasteiger partial charge in [0.25, 0.3) is 0 Å². The first-order valence-electron chi connectivity index (χ1n) is 9.97. The van der Waals surface area contributed by atoms with Crippen molar-refractivity contribution in [1.29, 1.82) is 0 Å². The summed E-state index contributed by atoms with van der Waals surface area (Å²) < 4.78 is 5.95. The molecule has 3 atom stereocenters. The summed E-state index contributed by atoms with van der Waals surface area (Å²) in [5, 5.41) is 15.6. The standard InChI is InChI=1S/C19H35N3O4/c1-22(2)12-18(24)21-16-9-8-15(26-17(16)13-23)10-11-20-19(25)14-6-4-3-5-7-14/h14-17,23H,3-13H2,1-2H3,(H,20,25)(H,21,24)/t15-,16-,17-/m0/s1. The van der Waals surface area contributed by atoms with Gasteiger partial charge in [-0.25, -0.2) is 0 Å². The molecule has 0 bridgehead atoms. The third-order valence-electron chi connectivity index (χ3n) is 5.34. The fraction of sp³-hybridized carbons (Fsp3) is 0.895. The Balaban J connectivity index is 1.69. The highest BCUT2D eigenvalue weighted by Crippen LogP contribution is 2.24. The number of carbonyl (C=O) groups is 2. The maximum Gasteiger partial charge on any atom is 0.234 e. The molecule has 0 spiro atoms.